The van der Waals surface area contributed by atoms with Gasteiger partial charge in [-0.1, -0.05) is 0 Å². The van der Waals surface area contributed by atoms with E-state index >= 15 is 0 Å². The van der Waals surface area contributed by atoms with Crippen LogP contribution >= 0.6 is 0 Å². The van der Waals surface area contributed by atoms with Gasteiger partial charge < -0.3 is 10.2 Å². The minimum Gasteiger partial charge on any atom is -0.352 e. The number of rotatable bonds is 3. The Balaban J connectivity index is 1.49. The molecule has 142 valence electrons. The Labute approximate surface area is 158 Å². The molecule has 9 heteroatoms. The van der Waals surface area contributed by atoms with Gasteiger partial charge in [0.15, 0.2) is 5.82 Å². The molecule has 4 rings (SSSR count). The number of aromatic nitrogens is 2. The molecule has 2 aliphatic heterocycles. The molecule has 0 spiro atoms. The minimum atomic E-state index is -3.56. The van der Waals surface area contributed by atoms with Crippen molar-refractivity contribution < 1.29 is 13.2 Å². The number of aryl methyl sites for hydroxylation is 2. The van der Waals surface area contributed by atoms with Gasteiger partial charge in [0.05, 0.1) is 10.6 Å². The molecule has 2 aliphatic rings. The number of sulfonamides is 1. The summed E-state index contributed by atoms with van der Waals surface area (Å²) >= 11 is 0. The van der Waals surface area contributed by atoms with Crippen LogP contribution in [0.1, 0.15) is 17.7 Å². The average molecular weight is 387 g/mol. The fraction of sp³-hybridized carbons (Fsp3) is 0.389. The summed E-state index contributed by atoms with van der Waals surface area (Å²) in [6, 6.07) is 8.73. The highest BCUT2D eigenvalue weighted by molar-refractivity contribution is 7.89. The molecule has 1 aromatic heterocycles. The lowest BCUT2D eigenvalue weighted by Crippen LogP contribution is -2.49. The van der Waals surface area contributed by atoms with Crippen molar-refractivity contribution in [2.45, 2.75) is 24.7 Å². The van der Waals surface area contributed by atoms with Crippen molar-refractivity contribution >= 4 is 27.4 Å². The molecular formula is C18H21N5O3S. The Morgan fingerprint density at radius 1 is 1.00 bits per heavy atom. The Hall–Kier alpha value is -2.52. The molecule has 0 radical (unpaired) electrons. The molecule has 27 heavy (non-hydrogen) atoms. The van der Waals surface area contributed by atoms with Crippen LogP contribution in [0.3, 0.4) is 0 Å². The van der Waals surface area contributed by atoms with Gasteiger partial charge in [-0.3, -0.25) is 4.79 Å². The maximum atomic E-state index is 13.0. The number of anilines is 2. The van der Waals surface area contributed by atoms with Crippen LogP contribution in [0, 0.1) is 6.92 Å². The lowest BCUT2D eigenvalue weighted by molar-refractivity contribution is -0.116. The predicted octanol–water partition coefficient (Wildman–Crippen LogP) is 1.18. The van der Waals surface area contributed by atoms with Crippen LogP contribution in [0.5, 0.6) is 0 Å². The van der Waals surface area contributed by atoms with E-state index in [1.165, 1.54) is 4.31 Å². The highest BCUT2D eigenvalue weighted by Gasteiger charge is 2.30. The van der Waals surface area contributed by atoms with Gasteiger partial charge in [0.25, 0.3) is 0 Å². The first-order valence-corrected chi connectivity index (χ1v) is 10.4. The van der Waals surface area contributed by atoms with Gasteiger partial charge in [-0.25, -0.2) is 8.42 Å². The third-order valence-corrected chi connectivity index (χ3v) is 6.85. The van der Waals surface area contributed by atoms with E-state index in [2.05, 4.69) is 15.5 Å². The van der Waals surface area contributed by atoms with Crippen LogP contribution in [-0.4, -0.2) is 55.0 Å². The average Bonchev–Trinajstić information content (AvgIpc) is 2.68. The smallest absolute Gasteiger partial charge is 0.243 e. The summed E-state index contributed by atoms with van der Waals surface area (Å²) in [4.78, 5) is 13.8. The zero-order valence-electron chi connectivity index (χ0n) is 15.1. The number of amides is 1. The van der Waals surface area contributed by atoms with Crippen molar-refractivity contribution in [3.8, 4) is 0 Å². The van der Waals surface area contributed by atoms with Gasteiger partial charge in [0.2, 0.25) is 15.9 Å². The van der Waals surface area contributed by atoms with Crippen molar-refractivity contribution in [3.63, 3.8) is 0 Å². The number of benzene rings is 1. The standard InChI is InChI=1S/C18H21N5O3S/c1-13-2-6-17(21-20-13)22-8-10-23(11-9-22)27(25,26)15-4-5-16-14(12-15)3-7-18(24)19-16/h2,4-6,12H,3,7-11H2,1H3,(H,19,24). The summed E-state index contributed by atoms with van der Waals surface area (Å²) in [5, 5.41) is 11.0. The first kappa shape index (κ1) is 17.9. The van der Waals surface area contributed by atoms with Gasteiger partial charge in [0, 0.05) is 38.3 Å². The molecule has 1 aromatic carbocycles. The van der Waals surface area contributed by atoms with Crippen LogP contribution in [0.2, 0.25) is 0 Å². The molecule has 3 heterocycles. The second-order valence-electron chi connectivity index (χ2n) is 6.79. The van der Waals surface area contributed by atoms with Crippen molar-refractivity contribution in [3.05, 3.63) is 41.6 Å². The van der Waals surface area contributed by atoms with E-state index in [0.717, 1.165) is 17.1 Å². The van der Waals surface area contributed by atoms with E-state index in [1.54, 1.807) is 18.2 Å². The lowest BCUT2D eigenvalue weighted by atomic mass is 10.0. The maximum absolute atomic E-state index is 13.0. The van der Waals surface area contributed by atoms with E-state index < -0.39 is 10.0 Å². The summed E-state index contributed by atoms with van der Waals surface area (Å²) in [6.07, 6.45) is 0.942. The molecule has 2 aromatic rings. The summed E-state index contributed by atoms with van der Waals surface area (Å²) in [7, 11) is -3.56. The second-order valence-corrected chi connectivity index (χ2v) is 8.73. The van der Waals surface area contributed by atoms with E-state index in [4.69, 9.17) is 0 Å². The Morgan fingerprint density at radius 3 is 2.48 bits per heavy atom. The number of nitrogens with one attached hydrogen (secondary N) is 1. The number of fused-ring (bicyclic) bond motifs is 1. The number of hydrogen-bond donors (Lipinski definition) is 1. The van der Waals surface area contributed by atoms with E-state index in [-0.39, 0.29) is 10.8 Å². The Bertz CT molecular complexity index is 967. The van der Waals surface area contributed by atoms with Gasteiger partial charge >= 0.3 is 0 Å². The highest BCUT2D eigenvalue weighted by atomic mass is 32.2. The SMILES string of the molecule is Cc1ccc(N2CCN(S(=O)(=O)c3ccc4c(c3)CCC(=O)N4)CC2)nn1. The monoisotopic (exact) mass is 387 g/mol. The van der Waals surface area contributed by atoms with Crippen LogP contribution in [0.4, 0.5) is 11.5 Å². The van der Waals surface area contributed by atoms with Gasteiger partial charge in [-0.05, 0) is 49.2 Å². The third kappa shape index (κ3) is 3.52. The molecule has 1 amide bonds. The van der Waals surface area contributed by atoms with E-state index in [9.17, 15) is 13.2 Å². The molecule has 0 bridgehead atoms. The first-order chi connectivity index (χ1) is 12.9. The van der Waals surface area contributed by atoms with Gasteiger partial charge in [-0.2, -0.15) is 9.40 Å². The summed E-state index contributed by atoms with van der Waals surface area (Å²) in [6.45, 7) is 3.80. The summed E-state index contributed by atoms with van der Waals surface area (Å²) in [5.41, 5.74) is 2.42. The molecule has 0 saturated carbocycles. The normalized spacial score (nSPS) is 18.1. The maximum Gasteiger partial charge on any atom is 0.243 e. The number of carbonyl (C=O) groups excluding carboxylic acids is 1. The molecule has 0 atom stereocenters. The number of piperazine rings is 1. The summed E-state index contributed by atoms with van der Waals surface area (Å²) < 4.78 is 27.5. The number of hydrogen-bond acceptors (Lipinski definition) is 6. The van der Waals surface area contributed by atoms with Crippen LogP contribution in [0.25, 0.3) is 0 Å². The predicted molar refractivity (Wildman–Crippen MR) is 101 cm³/mol. The largest absolute Gasteiger partial charge is 0.352 e. The van der Waals surface area contributed by atoms with Crippen molar-refractivity contribution in [2.24, 2.45) is 0 Å². The van der Waals surface area contributed by atoms with Gasteiger partial charge in [0.1, 0.15) is 0 Å². The molecule has 1 N–H and O–H groups in total. The first-order valence-electron chi connectivity index (χ1n) is 8.92. The van der Waals surface area contributed by atoms with Crippen LogP contribution < -0.4 is 10.2 Å². The van der Waals surface area contributed by atoms with E-state index in [1.807, 2.05) is 24.0 Å². The molecule has 8 nitrogen and oxygen atoms in total. The van der Waals surface area contributed by atoms with Crippen LogP contribution in [-0.2, 0) is 21.2 Å². The molecule has 0 aliphatic carbocycles. The number of nitrogens with zero attached hydrogens (tertiary/aromatic N) is 4. The fourth-order valence-electron chi connectivity index (χ4n) is 3.39. The van der Waals surface area contributed by atoms with E-state index in [0.29, 0.717) is 44.7 Å². The second kappa shape index (κ2) is 6.90. The summed E-state index contributed by atoms with van der Waals surface area (Å²) in [5.74, 6) is 0.732. The highest BCUT2D eigenvalue weighted by Crippen LogP contribution is 2.27. The molecule has 0 unspecified atom stereocenters. The minimum absolute atomic E-state index is 0.0339. The van der Waals surface area contributed by atoms with Gasteiger partial charge in [-0.15, -0.1) is 5.10 Å². The fourth-order valence-corrected chi connectivity index (χ4v) is 4.86. The van der Waals surface area contributed by atoms with Crippen molar-refractivity contribution in [1.29, 1.82) is 0 Å². The molecule has 1 saturated heterocycles. The van der Waals surface area contributed by atoms with Crippen LogP contribution in [0.15, 0.2) is 35.2 Å². The van der Waals surface area contributed by atoms with Crippen molar-refractivity contribution in [2.75, 3.05) is 36.4 Å². The number of carbonyl (C=O) groups is 1. The Kier molecular flexibility index (Phi) is 4.56. The third-order valence-electron chi connectivity index (χ3n) is 4.96. The lowest BCUT2D eigenvalue weighted by Gasteiger charge is -2.34. The Morgan fingerprint density at radius 2 is 1.78 bits per heavy atom. The quantitative estimate of drug-likeness (QED) is 0.850. The van der Waals surface area contributed by atoms with Crippen molar-refractivity contribution in [1.82, 2.24) is 14.5 Å². The topological polar surface area (TPSA) is 95.5 Å². The zero-order valence-corrected chi connectivity index (χ0v) is 15.9. The molecule has 1 fully saturated rings. The molecular weight excluding hydrogens is 366 g/mol. The zero-order chi connectivity index (χ0) is 19.0.